The van der Waals surface area contributed by atoms with E-state index in [0.717, 1.165) is 53.2 Å². The van der Waals surface area contributed by atoms with Gasteiger partial charge in [0.15, 0.2) is 0 Å². The molecule has 2 aromatic carbocycles. The molecule has 0 amide bonds. The smallest absolute Gasteiger partial charge is 0.119 e. The zero-order valence-corrected chi connectivity index (χ0v) is 16.4. The molecule has 1 N–H and O–H groups in total. The van der Waals surface area contributed by atoms with Crippen LogP contribution in [0.1, 0.15) is 5.56 Å². The molecule has 0 unspecified atom stereocenters. The average molecular weight is 395 g/mol. The number of ether oxygens (including phenoxy) is 1. The summed E-state index contributed by atoms with van der Waals surface area (Å²) in [6.07, 6.45) is -0.524. The molecule has 6 heteroatoms. The van der Waals surface area contributed by atoms with Gasteiger partial charge in [0.2, 0.25) is 0 Å². The third kappa shape index (κ3) is 5.27. The first-order valence-electron chi connectivity index (χ1n) is 8.81. The van der Waals surface area contributed by atoms with Gasteiger partial charge < -0.3 is 14.7 Å². The molecule has 4 nitrogen and oxygen atoms in total. The van der Waals surface area contributed by atoms with Gasteiger partial charge in [-0.1, -0.05) is 29.3 Å². The minimum absolute atomic E-state index is 0.273. The van der Waals surface area contributed by atoms with E-state index in [1.54, 1.807) is 0 Å². The SMILES string of the molecule is Cc1cc(OC[C@@H](O)CN2CCN(c3cccc(Cl)c3)CC2)ccc1Cl. The van der Waals surface area contributed by atoms with Crippen LogP contribution in [0.15, 0.2) is 42.5 Å². The minimum atomic E-state index is -0.524. The summed E-state index contributed by atoms with van der Waals surface area (Å²) in [7, 11) is 0. The van der Waals surface area contributed by atoms with Crippen LogP contribution in [-0.2, 0) is 0 Å². The van der Waals surface area contributed by atoms with Crippen LogP contribution in [0.4, 0.5) is 5.69 Å². The fourth-order valence-corrected chi connectivity index (χ4v) is 3.41. The van der Waals surface area contributed by atoms with Crippen LogP contribution in [0.2, 0.25) is 10.0 Å². The molecule has 0 radical (unpaired) electrons. The Kier molecular flexibility index (Phi) is 6.65. The summed E-state index contributed by atoms with van der Waals surface area (Å²) in [6, 6.07) is 13.5. The maximum Gasteiger partial charge on any atom is 0.119 e. The standard InChI is InChI=1S/C20H24Cl2N2O2/c1-15-11-19(5-6-20(15)22)26-14-18(25)13-23-7-9-24(10-8-23)17-4-2-3-16(21)12-17/h2-6,11-12,18,25H,7-10,13-14H2,1H3/t18-/m0/s1. The first-order valence-corrected chi connectivity index (χ1v) is 9.57. The normalized spacial score (nSPS) is 16.5. The van der Waals surface area contributed by atoms with Gasteiger partial charge >= 0.3 is 0 Å². The zero-order chi connectivity index (χ0) is 18.5. The molecule has 0 aromatic heterocycles. The van der Waals surface area contributed by atoms with Crippen molar-refractivity contribution in [3.05, 3.63) is 58.1 Å². The summed E-state index contributed by atoms with van der Waals surface area (Å²) in [4.78, 5) is 4.59. The number of aliphatic hydroxyl groups excluding tert-OH is 1. The van der Waals surface area contributed by atoms with Crippen molar-refractivity contribution in [3.63, 3.8) is 0 Å². The van der Waals surface area contributed by atoms with Gasteiger partial charge in [-0.25, -0.2) is 0 Å². The van der Waals surface area contributed by atoms with Crippen molar-refractivity contribution < 1.29 is 9.84 Å². The lowest BCUT2D eigenvalue weighted by Gasteiger charge is -2.36. The van der Waals surface area contributed by atoms with Gasteiger partial charge in [-0.15, -0.1) is 0 Å². The highest BCUT2D eigenvalue weighted by atomic mass is 35.5. The summed E-state index contributed by atoms with van der Waals surface area (Å²) in [6.45, 7) is 6.47. The lowest BCUT2D eigenvalue weighted by Crippen LogP contribution is -2.49. The van der Waals surface area contributed by atoms with Crippen molar-refractivity contribution in [2.75, 3.05) is 44.2 Å². The summed E-state index contributed by atoms with van der Waals surface area (Å²) in [5.74, 6) is 0.733. The van der Waals surface area contributed by atoms with Crippen LogP contribution in [0.5, 0.6) is 5.75 Å². The second-order valence-electron chi connectivity index (χ2n) is 6.64. The molecule has 0 bridgehead atoms. The van der Waals surface area contributed by atoms with Gasteiger partial charge in [0.25, 0.3) is 0 Å². The number of benzene rings is 2. The molecule has 0 saturated carbocycles. The Labute approximate surface area is 164 Å². The van der Waals surface area contributed by atoms with Crippen LogP contribution in [0.3, 0.4) is 0 Å². The molecule has 1 aliphatic heterocycles. The van der Waals surface area contributed by atoms with Gasteiger partial charge in [-0.2, -0.15) is 0 Å². The lowest BCUT2D eigenvalue weighted by atomic mass is 10.2. The van der Waals surface area contributed by atoms with E-state index in [1.807, 2.05) is 43.3 Å². The molecule has 1 fully saturated rings. The van der Waals surface area contributed by atoms with Gasteiger partial charge in [-0.05, 0) is 48.9 Å². The molecule has 1 saturated heterocycles. The molecular weight excluding hydrogens is 371 g/mol. The lowest BCUT2D eigenvalue weighted by molar-refractivity contribution is 0.0663. The second-order valence-corrected chi connectivity index (χ2v) is 7.49. The van der Waals surface area contributed by atoms with Crippen LogP contribution in [-0.4, -0.2) is 55.4 Å². The minimum Gasteiger partial charge on any atom is -0.491 e. The van der Waals surface area contributed by atoms with Crippen molar-refractivity contribution in [2.45, 2.75) is 13.0 Å². The fraction of sp³-hybridized carbons (Fsp3) is 0.400. The summed E-state index contributed by atoms with van der Waals surface area (Å²) < 4.78 is 5.69. The van der Waals surface area contributed by atoms with Crippen molar-refractivity contribution in [1.29, 1.82) is 0 Å². The summed E-state index contributed by atoms with van der Waals surface area (Å²) >= 11 is 12.1. The molecule has 3 rings (SSSR count). The van der Waals surface area contributed by atoms with E-state index in [9.17, 15) is 5.11 Å². The predicted molar refractivity (Wildman–Crippen MR) is 108 cm³/mol. The maximum atomic E-state index is 10.3. The monoisotopic (exact) mass is 394 g/mol. The maximum absolute atomic E-state index is 10.3. The van der Waals surface area contributed by atoms with E-state index >= 15 is 0 Å². The quantitative estimate of drug-likeness (QED) is 0.806. The van der Waals surface area contributed by atoms with Crippen LogP contribution >= 0.6 is 23.2 Å². The number of β-amino-alcohol motifs (C(OH)–C–C–N with tert-alkyl or cyclic N) is 1. The first-order chi connectivity index (χ1) is 12.5. The molecule has 1 aliphatic rings. The molecule has 1 atom stereocenters. The highest BCUT2D eigenvalue weighted by Gasteiger charge is 2.20. The average Bonchev–Trinajstić information content (AvgIpc) is 2.63. The predicted octanol–water partition coefficient (Wildman–Crippen LogP) is 3.86. The van der Waals surface area contributed by atoms with E-state index in [1.165, 1.54) is 0 Å². The van der Waals surface area contributed by atoms with Crippen molar-refractivity contribution in [2.24, 2.45) is 0 Å². The van der Waals surface area contributed by atoms with E-state index in [4.69, 9.17) is 27.9 Å². The number of hydrogen-bond acceptors (Lipinski definition) is 4. The van der Waals surface area contributed by atoms with Crippen molar-refractivity contribution >= 4 is 28.9 Å². The van der Waals surface area contributed by atoms with E-state index in [2.05, 4.69) is 15.9 Å². The molecular formula is C20H24Cl2N2O2. The third-order valence-corrected chi connectivity index (χ3v) is 5.25. The Morgan fingerprint density at radius 2 is 1.85 bits per heavy atom. The first kappa shape index (κ1) is 19.3. The van der Waals surface area contributed by atoms with Crippen LogP contribution in [0, 0.1) is 6.92 Å². The number of aryl methyl sites for hydroxylation is 1. The van der Waals surface area contributed by atoms with Gasteiger partial charge in [0, 0.05) is 48.5 Å². The largest absolute Gasteiger partial charge is 0.491 e. The van der Waals surface area contributed by atoms with E-state index < -0.39 is 6.10 Å². The van der Waals surface area contributed by atoms with Crippen molar-refractivity contribution in [1.82, 2.24) is 4.90 Å². The third-order valence-electron chi connectivity index (χ3n) is 4.59. The topological polar surface area (TPSA) is 35.9 Å². The van der Waals surface area contributed by atoms with E-state index in [-0.39, 0.29) is 6.61 Å². The number of hydrogen-bond donors (Lipinski definition) is 1. The highest BCUT2D eigenvalue weighted by molar-refractivity contribution is 6.31. The summed E-state index contributed by atoms with van der Waals surface area (Å²) in [5, 5.41) is 11.8. The fourth-order valence-electron chi connectivity index (χ4n) is 3.11. The molecule has 0 aliphatic carbocycles. The second kappa shape index (κ2) is 8.96. The molecule has 26 heavy (non-hydrogen) atoms. The molecule has 0 spiro atoms. The number of nitrogens with zero attached hydrogens (tertiary/aromatic N) is 2. The van der Waals surface area contributed by atoms with Gasteiger partial charge in [0.1, 0.15) is 18.5 Å². The Bertz CT molecular complexity index is 734. The van der Waals surface area contributed by atoms with Gasteiger partial charge in [0.05, 0.1) is 0 Å². The Balaban J connectivity index is 1.43. The summed E-state index contributed by atoms with van der Waals surface area (Å²) in [5.41, 5.74) is 2.12. The number of piperazine rings is 1. The van der Waals surface area contributed by atoms with E-state index in [0.29, 0.717) is 6.54 Å². The Hall–Kier alpha value is -1.46. The van der Waals surface area contributed by atoms with Crippen LogP contribution in [0.25, 0.3) is 0 Å². The van der Waals surface area contributed by atoms with Gasteiger partial charge in [-0.3, -0.25) is 4.90 Å². The highest BCUT2D eigenvalue weighted by Crippen LogP contribution is 2.22. The molecule has 140 valence electrons. The Morgan fingerprint density at radius 3 is 2.54 bits per heavy atom. The molecule has 2 aromatic rings. The number of halogens is 2. The zero-order valence-electron chi connectivity index (χ0n) is 14.9. The number of anilines is 1. The number of aliphatic hydroxyl groups is 1. The Morgan fingerprint density at radius 1 is 1.08 bits per heavy atom. The molecule has 1 heterocycles. The number of rotatable bonds is 6. The van der Waals surface area contributed by atoms with Crippen molar-refractivity contribution in [3.8, 4) is 5.75 Å². The van der Waals surface area contributed by atoms with Crippen LogP contribution < -0.4 is 9.64 Å².